The molecule has 15 heavy (non-hydrogen) atoms. The minimum atomic E-state index is -3.77. The Morgan fingerprint density at radius 2 is 2.07 bits per heavy atom. The lowest BCUT2D eigenvalue weighted by atomic mass is 10.1. The highest BCUT2D eigenvalue weighted by molar-refractivity contribution is 8.06. The molecule has 2 N–H and O–H groups in total. The zero-order valence-corrected chi connectivity index (χ0v) is 9.42. The Morgan fingerprint density at radius 3 is 2.73 bits per heavy atom. The molecular formula is C9H9O4PS. The second-order valence-electron chi connectivity index (χ2n) is 3.30. The molecule has 0 amide bonds. The summed E-state index contributed by atoms with van der Waals surface area (Å²) in [6.07, 6.45) is 1.11. The lowest BCUT2D eigenvalue weighted by molar-refractivity contribution is 0.0993. The van der Waals surface area contributed by atoms with E-state index in [0.717, 1.165) is 5.56 Å². The first-order valence-corrected chi connectivity index (χ1v) is 7.00. The van der Waals surface area contributed by atoms with Crippen LogP contribution in [0.1, 0.15) is 22.3 Å². The largest absolute Gasteiger partial charge is 0.424 e. The van der Waals surface area contributed by atoms with Gasteiger partial charge in [0.25, 0.3) is 0 Å². The van der Waals surface area contributed by atoms with Crippen molar-refractivity contribution in [1.82, 2.24) is 0 Å². The Balaban J connectivity index is 2.46. The first-order valence-electron chi connectivity index (χ1n) is 4.37. The molecule has 0 saturated carbocycles. The highest BCUT2D eigenvalue weighted by Crippen LogP contribution is 2.41. The van der Waals surface area contributed by atoms with Crippen molar-refractivity contribution >= 4 is 24.3 Å². The van der Waals surface area contributed by atoms with Crippen molar-refractivity contribution in [3.63, 3.8) is 0 Å². The zero-order chi connectivity index (χ0) is 11.1. The van der Waals surface area contributed by atoms with Crippen LogP contribution >= 0.6 is 6.72 Å². The molecule has 2 rings (SSSR count). The maximum absolute atomic E-state index is 11.5. The van der Waals surface area contributed by atoms with Gasteiger partial charge in [-0.3, -0.25) is 4.79 Å². The lowest BCUT2D eigenvalue weighted by Gasteiger charge is -2.12. The smallest absolute Gasteiger partial charge is 0.375 e. The van der Waals surface area contributed by atoms with Gasteiger partial charge in [0.1, 0.15) is 5.75 Å². The summed E-state index contributed by atoms with van der Waals surface area (Å²) in [5.74, 6) is 0.146. The third kappa shape index (κ3) is 2.26. The van der Waals surface area contributed by atoms with Crippen molar-refractivity contribution in [3.05, 3.63) is 29.3 Å². The van der Waals surface area contributed by atoms with Gasteiger partial charge in [-0.1, -0.05) is 12.1 Å². The molecule has 80 valence electrons. The van der Waals surface area contributed by atoms with E-state index in [4.69, 9.17) is 14.3 Å². The van der Waals surface area contributed by atoms with E-state index in [1.54, 1.807) is 6.07 Å². The number of benzene rings is 1. The number of fused-ring (bicyclic) bond motifs is 1. The maximum Gasteiger partial charge on any atom is 0.375 e. The Bertz CT molecular complexity index is 465. The molecule has 0 bridgehead atoms. The van der Waals surface area contributed by atoms with Crippen molar-refractivity contribution < 1.29 is 19.1 Å². The standard InChI is InChI=1S/C9H9O4PS/c10-7-5-4-6-2-1-3-8(9(6)7)13-14(11,12)15/h1-3H,4-5H2,(H2,11,12,15). The number of hydrogen-bond acceptors (Lipinski definition) is 3. The van der Waals surface area contributed by atoms with Gasteiger partial charge in [0, 0.05) is 18.2 Å². The summed E-state index contributed by atoms with van der Waals surface area (Å²) in [5, 5.41) is 0. The van der Waals surface area contributed by atoms with E-state index in [1.165, 1.54) is 6.07 Å². The molecule has 0 fully saturated rings. The summed E-state index contributed by atoms with van der Waals surface area (Å²) in [7, 11) is 0. The minimum Gasteiger partial charge on any atom is -0.424 e. The molecule has 0 aliphatic heterocycles. The SMILES string of the molecule is O=C1CCc2cccc(OP(O)(O)=S)c21. The average Bonchev–Trinajstić information content (AvgIpc) is 2.46. The molecule has 0 unspecified atom stereocenters. The third-order valence-electron chi connectivity index (χ3n) is 2.23. The quantitative estimate of drug-likeness (QED) is 0.770. The number of carbonyl (C=O) groups excluding carboxylic acids is 1. The summed E-state index contributed by atoms with van der Waals surface area (Å²) in [5.41, 5.74) is 1.32. The molecule has 0 radical (unpaired) electrons. The van der Waals surface area contributed by atoms with Gasteiger partial charge in [-0.05, 0) is 18.1 Å². The highest BCUT2D eigenvalue weighted by Gasteiger charge is 2.25. The Morgan fingerprint density at radius 1 is 1.33 bits per heavy atom. The van der Waals surface area contributed by atoms with Crippen molar-refractivity contribution in [1.29, 1.82) is 0 Å². The van der Waals surface area contributed by atoms with Crippen LogP contribution in [0.15, 0.2) is 18.2 Å². The number of hydrogen-bond donors (Lipinski definition) is 2. The predicted molar refractivity (Wildman–Crippen MR) is 58.4 cm³/mol. The molecule has 0 atom stereocenters. The van der Waals surface area contributed by atoms with Crippen molar-refractivity contribution in [2.75, 3.05) is 0 Å². The molecule has 1 aromatic carbocycles. The van der Waals surface area contributed by atoms with Crippen molar-refractivity contribution in [2.24, 2.45) is 0 Å². The van der Waals surface area contributed by atoms with E-state index >= 15 is 0 Å². The molecule has 0 heterocycles. The minimum absolute atomic E-state index is 0.0379. The zero-order valence-electron chi connectivity index (χ0n) is 7.71. The van der Waals surface area contributed by atoms with Gasteiger partial charge >= 0.3 is 6.72 Å². The summed E-state index contributed by atoms with van der Waals surface area (Å²) in [4.78, 5) is 29.6. The topological polar surface area (TPSA) is 66.8 Å². The van der Waals surface area contributed by atoms with Crippen molar-refractivity contribution in [3.8, 4) is 5.75 Å². The first-order chi connectivity index (χ1) is 6.97. The van der Waals surface area contributed by atoms with Gasteiger partial charge in [-0.15, -0.1) is 0 Å². The van der Waals surface area contributed by atoms with Gasteiger partial charge in [0.05, 0.1) is 5.56 Å². The molecule has 1 aliphatic carbocycles. The Kier molecular flexibility index (Phi) is 2.64. The van der Waals surface area contributed by atoms with E-state index in [2.05, 4.69) is 11.8 Å². The molecule has 0 saturated heterocycles. The van der Waals surface area contributed by atoms with Gasteiger partial charge in [-0.2, -0.15) is 0 Å². The van der Waals surface area contributed by atoms with E-state index in [-0.39, 0.29) is 11.5 Å². The molecular weight excluding hydrogens is 235 g/mol. The van der Waals surface area contributed by atoms with E-state index < -0.39 is 6.72 Å². The number of ketones is 1. The van der Waals surface area contributed by atoms with Crippen molar-refractivity contribution in [2.45, 2.75) is 12.8 Å². The molecule has 0 aromatic heterocycles. The van der Waals surface area contributed by atoms with Gasteiger partial charge in [0.15, 0.2) is 5.78 Å². The average molecular weight is 244 g/mol. The monoisotopic (exact) mass is 244 g/mol. The molecule has 6 heteroatoms. The summed E-state index contributed by atoms with van der Waals surface area (Å²) < 4.78 is 4.83. The van der Waals surface area contributed by atoms with Crippen LogP contribution in [0.25, 0.3) is 0 Å². The van der Waals surface area contributed by atoms with Crippen LogP contribution in [0.2, 0.25) is 0 Å². The lowest BCUT2D eigenvalue weighted by Crippen LogP contribution is -1.98. The van der Waals surface area contributed by atoms with Crippen LogP contribution in [-0.2, 0) is 18.2 Å². The second-order valence-corrected chi connectivity index (χ2v) is 5.89. The second kappa shape index (κ2) is 3.68. The fraction of sp³-hybridized carbons (Fsp3) is 0.222. The molecule has 1 aromatic rings. The van der Waals surface area contributed by atoms with Gasteiger partial charge in [0.2, 0.25) is 0 Å². The number of Topliss-reactive ketones (excluding diaryl/α,β-unsaturated/α-hetero) is 1. The fourth-order valence-corrected chi connectivity index (χ4v) is 2.33. The van der Waals surface area contributed by atoms with Crippen LogP contribution in [0.3, 0.4) is 0 Å². The van der Waals surface area contributed by atoms with Crippen LogP contribution in [0, 0.1) is 0 Å². The number of carbonyl (C=O) groups is 1. The summed E-state index contributed by atoms with van der Waals surface area (Å²) >= 11 is 4.37. The normalized spacial score (nSPS) is 15.2. The molecule has 0 spiro atoms. The Hall–Kier alpha value is -0.740. The Labute approximate surface area is 91.8 Å². The highest BCUT2D eigenvalue weighted by atomic mass is 32.5. The maximum atomic E-state index is 11.5. The predicted octanol–water partition coefficient (Wildman–Crippen LogP) is 1.40. The van der Waals surface area contributed by atoms with Crippen LogP contribution in [-0.4, -0.2) is 15.6 Å². The van der Waals surface area contributed by atoms with Crippen LogP contribution in [0.5, 0.6) is 5.75 Å². The summed E-state index contributed by atoms with van der Waals surface area (Å²) in [6.45, 7) is -3.77. The fourth-order valence-electron chi connectivity index (χ4n) is 1.68. The van der Waals surface area contributed by atoms with E-state index in [9.17, 15) is 4.79 Å². The van der Waals surface area contributed by atoms with Gasteiger partial charge in [-0.25, -0.2) is 0 Å². The summed E-state index contributed by atoms with van der Waals surface area (Å²) in [6, 6.07) is 5.05. The van der Waals surface area contributed by atoms with E-state index in [1.807, 2.05) is 6.07 Å². The molecule has 1 aliphatic rings. The van der Waals surface area contributed by atoms with Crippen LogP contribution in [0.4, 0.5) is 0 Å². The van der Waals surface area contributed by atoms with E-state index in [0.29, 0.717) is 18.4 Å². The first kappa shape index (κ1) is 10.8. The molecule has 4 nitrogen and oxygen atoms in total. The number of rotatable bonds is 2. The van der Waals surface area contributed by atoms with Gasteiger partial charge < -0.3 is 14.3 Å². The van der Waals surface area contributed by atoms with Crippen LogP contribution < -0.4 is 4.52 Å². The third-order valence-corrected chi connectivity index (χ3v) is 2.89. The number of aryl methyl sites for hydroxylation is 1.